The Morgan fingerprint density at radius 3 is 2.80 bits per heavy atom. The van der Waals surface area contributed by atoms with Gasteiger partial charge in [-0.2, -0.15) is 11.8 Å². The first-order valence-electron chi connectivity index (χ1n) is 6.37. The van der Waals surface area contributed by atoms with E-state index in [1.165, 1.54) is 25.4 Å². The highest BCUT2D eigenvalue weighted by atomic mass is 32.2. The minimum atomic E-state index is -0.190. The normalized spacial score (nSPS) is 12.0. The molecule has 0 bridgehead atoms. The fraction of sp³-hybridized carbons (Fsp3) is 0.615. The van der Waals surface area contributed by atoms with Gasteiger partial charge in [-0.15, -0.1) is 11.3 Å². The molecular weight excluding hydrogens is 296 g/mol. The van der Waals surface area contributed by atoms with E-state index in [9.17, 15) is 9.59 Å². The number of ether oxygens (including phenoxy) is 1. The zero-order chi connectivity index (χ0) is 15.1. The largest absolute Gasteiger partial charge is 0.469 e. The van der Waals surface area contributed by atoms with Gasteiger partial charge in [-0.05, 0) is 6.92 Å². The number of thiazole rings is 1. The molecule has 0 aliphatic carbocycles. The lowest BCUT2D eigenvalue weighted by Gasteiger charge is -2.14. The fourth-order valence-corrected chi connectivity index (χ4v) is 3.59. The lowest BCUT2D eigenvalue weighted by molar-refractivity contribution is -0.144. The van der Waals surface area contributed by atoms with E-state index >= 15 is 0 Å². The zero-order valence-electron chi connectivity index (χ0n) is 12.2. The van der Waals surface area contributed by atoms with Crippen molar-refractivity contribution in [1.82, 2.24) is 4.98 Å². The SMILES string of the molecule is CCN(C(C)=O)c1nc(CSCC(C)C(=O)OC)cs1. The summed E-state index contributed by atoms with van der Waals surface area (Å²) in [6, 6.07) is 0. The Labute approximate surface area is 127 Å². The van der Waals surface area contributed by atoms with Crippen LogP contribution in [0.5, 0.6) is 0 Å². The summed E-state index contributed by atoms with van der Waals surface area (Å²) in [5.41, 5.74) is 0.937. The highest BCUT2D eigenvalue weighted by molar-refractivity contribution is 7.98. The molecule has 1 rings (SSSR count). The molecule has 0 N–H and O–H groups in total. The second-order valence-corrected chi connectivity index (χ2v) is 6.19. The van der Waals surface area contributed by atoms with Crippen LogP contribution in [0.4, 0.5) is 5.13 Å². The van der Waals surface area contributed by atoms with Gasteiger partial charge >= 0.3 is 5.97 Å². The molecule has 1 heterocycles. The number of methoxy groups -OCH3 is 1. The van der Waals surface area contributed by atoms with Crippen LogP contribution in [0.3, 0.4) is 0 Å². The number of hydrogen-bond acceptors (Lipinski definition) is 6. The molecule has 7 heteroatoms. The summed E-state index contributed by atoms with van der Waals surface area (Å²) in [5.74, 6) is 1.12. The van der Waals surface area contributed by atoms with Gasteiger partial charge in [-0.1, -0.05) is 6.92 Å². The summed E-state index contributed by atoms with van der Waals surface area (Å²) in [6.07, 6.45) is 0. The third kappa shape index (κ3) is 4.79. The molecule has 0 fully saturated rings. The molecule has 5 nitrogen and oxygen atoms in total. The van der Waals surface area contributed by atoms with Crippen molar-refractivity contribution in [3.8, 4) is 0 Å². The van der Waals surface area contributed by atoms with Crippen LogP contribution < -0.4 is 4.90 Å². The van der Waals surface area contributed by atoms with E-state index in [0.717, 1.165) is 16.6 Å². The Balaban J connectivity index is 2.48. The highest BCUT2D eigenvalue weighted by Gasteiger charge is 2.15. The average Bonchev–Trinajstić information content (AvgIpc) is 2.86. The van der Waals surface area contributed by atoms with Gasteiger partial charge in [0.15, 0.2) is 5.13 Å². The van der Waals surface area contributed by atoms with Gasteiger partial charge < -0.3 is 4.74 Å². The first-order valence-corrected chi connectivity index (χ1v) is 8.41. The second-order valence-electron chi connectivity index (χ2n) is 4.32. The molecule has 112 valence electrons. The Morgan fingerprint density at radius 2 is 2.25 bits per heavy atom. The quantitative estimate of drug-likeness (QED) is 0.724. The van der Waals surface area contributed by atoms with Crippen LogP contribution in [0.25, 0.3) is 0 Å². The summed E-state index contributed by atoms with van der Waals surface area (Å²) in [6.45, 7) is 5.93. The van der Waals surface area contributed by atoms with Crippen molar-refractivity contribution < 1.29 is 14.3 Å². The van der Waals surface area contributed by atoms with Crippen molar-refractivity contribution >= 4 is 40.1 Å². The van der Waals surface area contributed by atoms with Crippen molar-refractivity contribution in [2.45, 2.75) is 26.5 Å². The number of thioether (sulfide) groups is 1. The summed E-state index contributed by atoms with van der Waals surface area (Å²) in [5, 5.41) is 2.69. The third-order valence-electron chi connectivity index (χ3n) is 2.69. The molecule has 0 aliphatic heterocycles. The maximum absolute atomic E-state index is 11.4. The predicted octanol–water partition coefficient (Wildman–Crippen LogP) is 2.56. The minimum Gasteiger partial charge on any atom is -0.469 e. The van der Waals surface area contributed by atoms with Crippen LogP contribution in [0.15, 0.2) is 5.38 Å². The zero-order valence-corrected chi connectivity index (χ0v) is 13.8. The molecule has 0 saturated heterocycles. The number of carbonyl (C=O) groups is 2. The monoisotopic (exact) mass is 316 g/mol. The number of amides is 1. The van der Waals surface area contributed by atoms with E-state index in [-0.39, 0.29) is 17.8 Å². The van der Waals surface area contributed by atoms with E-state index in [0.29, 0.717) is 12.3 Å². The van der Waals surface area contributed by atoms with Crippen LogP contribution in [-0.4, -0.2) is 36.3 Å². The van der Waals surface area contributed by atoms with Crippen molar-refractivity contribution in [1.29, 1.82) is 0 Å². The van der Waals surface area contributed by atoms with Crippen LogP contribution >= 0.6 is 23.1 Å². The molecule has 1 amide bonds. The summed E-state index contributed by atoms with van der Waals surface area (Å²) >= 11 is 3.11. The third-order valence-corrected chi connectivity index (χ3v) is 4.84. The van der Waals surface area contributed by atoms with Crippen molar-refractivity contribution in [3.05, 3.63) is 11.1 Å². The Hall–Kier alpha value is -1.08. The van der Waals surface area contributed by atoms with E-state index in [4.69, 9.17) is 0 Å². The molecule has 1 atom stereocenters. The van der Waals surface area contributed by atoms with E-state index in [2.05, 4.69) is 9.72 Å². The lowest BCUT2D eigenvalue weighted by atomic mass is 10.2. The minimum absolute atomic E-state index is 0.000339. The van der Waals surface area contributed by atoms with Crippen LogP contribution in [0, 0.1) is 5.92 Å². The highest BCUT2D eigenvalue weighted by Crippen LogP contribution is 2.24. The number of aromatic nitrogens is 1. The fourth-order valence-electron chi connectivity index (χ4n) is 1.59. The van der Waals surface area contributed by atoms with E-state index in [1.54, 1.807) is 16.7 Å². The number of nitrogens with zero attached hydrogens (tertiary/aromatic N) is 2. The van der Waals surface area contributed by atoms with E-state index < -0.39 is 0 Å². The molecular formula is C13H20N2O3S2. The first kappa shape index (κ1) is 17.0. The summed E-state index contributed by atoms with van der Waals surface area (Å²) in [4.78, 5) is 28.8. The lowest BCUT2D eigenvalue weighted by Crippen LogP contribution is -2.27. The topological polar surface area (TPSA) is 59.5 Å². The van der Waals surface area contributed by atoms with Gasteiger partial charge in [0.2, 0.25) is 5.91 Å². The predicted molar refractivity (Wildman–Crippen MR) is 83.2 cm³/mol. The molecule has 0 aliphatic rings. The maximum atomic E-state index is 11.4. The Kier molecular flexibility index (Phi) is 7.01. The number of anilines is 1. The molecule has 20 heavy (non-hydrogen) atoms. The van der Waals surface area contributed by atoms with Crippen LogP contribution in [-0.2, 0) is 20.1 Å². The number of rotatable bonds is 7. The van der Waals surface area contributed by atoms with Gasteiger partial charge in [0.25, 0.3) is 0 Å². The smallest absolute Gasteiger partial charge is 0.309 e. The number of carbonyl (C=O) groups excluding carboxylic acids is 2. The summed E-state index contributed by atoms with van der Waals surface area (Å²) < 4.78 is 4.68. The Morgan fingerprint density at radius 1 is 1.55 bits per heavy atom. The van der Waals surface area contributed by atoms with Crippen molar-refractivity contribution in [2.75, 3.05) is 24.3 Å². The van der Waals surface area contributed by atoms with Crippen molar-refractivity contribution in [2.24, 2.45) is 5.92 Å². The van der Waals surface area contributed by atoms with Crippen LogP contribution in [0.2, 0.25) is 0 Å². The molecule has 0 spiro atoms. The second kappa shape index (κ2) is 8.26. The maximum Gasteiger partial charge on any atom is 0.309 e. The summed E-state index contributed by atoms with van der Waals surface area (Å²) in [7, 11) is 1.40. The van der Waals surface area contributed by atoms with Gasteiger partial charge in [-0.25, -0.2) is 4.98 Å². The average molecular weight is 316 g/mol. The molecule has 0 saturated carbocycles. The standard InChI is InChI=1S/C13H20N2O3S2/c1-5-15(10(3)16)13-14-11(8-20-13)7-19-6-9(2)12(17)18-4/h8-9H,5-7H2,1-4H3. The number of esters is 1. The molecule has 1 aromatic heterocycles. The van der Waals surface area contributed by atoms with Crippen LogP contribution in [0.1, 0.15) is 26.5 Å². The van der Waals surface area contributed by atoms with Gasteiger partial charge in [0, 0.05) is 30.4 Å². The molecule has 1 unspecified atom stereocenters. The van der Waals surface area contributed by atoms with Crippen molar-refractivity contribution in [3.63, 3.8) is 0 Å². The molecule has 0 aromatic carbocycles. The van der Waals surface area contributed by atoms with Gasteiger partial charge in [0.1, 0.15) is 0 Å². The first-order chi connectivity index (χ1) is 9.49. The van der Waals surface area contributed by atoms with Gasteiger partial charge in [0.05, 0.1) is 18.7 Å². The molecule has 0 radical (unpaired) electrons. The van der Waals surface area contributed by atoms with E-state index in [1.807, 2.05) is 19.2 Å². The molecule has 1 aromatic rings. The number of hydrogen-bond donors (Lipinski definition) is 0. The van der Waals surface area contributed by atoms with Gasteiger partial charge in [-0.3, -0.25) is 14.5 Å². The Bertz CT molecular complexity index is 462.